The van der Waals surface area contributed by atoms with Crippen molar-refractivity contribution >= 4 is 34.2 Å². The van der Waals surface area contributed by atoms with Crippen LogP contribution in [0.25, 0.3) is 11.0 Å². The molecule has 2 N–H and O–H groups in total. The van der Waals surface area contributed by atoms with Gasteiger partial charge in [-0.05, 0) is 38.5 Å². The number of thiophene rings is 1. The first-order valence-corrected chi connectivity index (χ1v) is 9.17. The van der Waals surface area contributed by atoms with Gasteiger partial charge in [-0.1, -0.05) is 6.92 Å². The van der Waals surface area contributed by atoms with Gasteiger partial charge in [0.2, 0.25) is 0 Å². The number of nitrogens with zero attached hydrogens (tertiary/aromatic N) is 3. The van der Waals surface area contributed by atoms with Gasteiger partial charge in [0.05, 0.1) is 29.7 Å². The summed E-state index contributed by atoms with van der Waals surface area (Å²) in [7, 11) is 0. The normalized spacial score (nSPS) is 12.3. The zero-order valence-corrected chi connectivity index (χ0v) is 15.6. The van der Waals surface area contributed by atoms with Crippen molar-refractivity contribution in [3.8, 4) is 0 Å². The zero-order valence-electron chi connectivity index (χ0n) is 14.8. The maximum Gasteiger partial charge on any atom is 0.345 e. The summed E-state index contributed by atoms with van der Waals surface area (Å²) in [4.78, 5) is 29.2. The molecule has 0 aliphatic rings. The lowest BCUT2D eigenvalue weighted by atomic mass is 10.1. The third-order valence-corrected chi connectivity index (χ3v) is 5.32. The molecule has 0 saturated heterocycles. The fourth-order valence-corrected chi connectivity index (χ4v) is 3.46. The molecule has 0 aromatic carbocycles. The second kappa shape index (κ2) is 7.25. The van der Waals surface area contributed by atoms with Gasteiger partial charge in [0.1, 0.15) is 4.88 Å². The van der Waals surface area contributed by atoms with E-state index in [9.17, 15) is 9.59 Å². The van der Waals surface area contributed by atoms with E-state index in [4.69, 9.17) is 5.11 Å². The van der Waals surface area contributed by atoms with Crippen molar-refractivity contribution in [2.45, 2.75) is 39.8 Å². The molecule has 0 fully saturated rings. The molecule has 0 aliphatic heterocycles. The molecule has 3 heterocycles. The fourth-order valence-electron chi connectivity index (χ4n) is 2.68. The first-order chi connectivity index (χ1) is 12.4. The van der Waals surface area contributed by atoms with Gasteiger partial charge in [0.25, 0.3) is 5.91 Å². The Kier molecular flexibility index (Phi) is 5.03. The Morgan fingerprint density at radius 3 is 2.81 bits per heavy atom. The molecule has 8 heteroatoms. The number of aryl methyl sites for hydroxylation is 1. The highest BCUT2D eigenvalue weighted by Gasteiger charge is 2.18. The molecule has 1 unspecified atom stereocenters. The minimum absolute atomic E-state index is 0.193. The number of fused-ring (bicyclic) bond motifs is 1. The Balaban J connectivity index is 1.85. The van der Waals surface area contributed by atoms with Crippen molar-refractivity contribution in [2.24, 2.45) is 0 Å². The van der Waals surface area contributed by atoms with Gasteiger partial charge in [-0.15, -0.1) is 11.3 Å². The monoisotopic (exact) mass is 372 g/mol. The van der Waals surface area contributed by atoms with Crippen LogP contribution in [0.1, 0.15) is 56.9 Å². The number of aromatic nitrogens is 3. The van der Waals surface area contributed by atoms with Crippen LogP contribution < -0.4 is 5.32 Å². The predicted octanol–water partition coefficient (Wildman–Crippen LogP) is 3.40. The number of carbonyl (C=O) groups is 2. The van der Waals surface area contributed by atoms with E-state index in [0.29, 0.717) is 16.6 Å². The summed E-state index contributed by atoms with van der Waals surface area (Å²) in [6.07, 6.45) is 2.59. The third kappa shape index (κ3) is 3.45. The Morgan fingerprint density at radius 2 is 2.15 bits per heavy atom. The maximum atomic E-state index is 12.7. The van der Waals surface area contributed by atoms with E-state index in [1.54, 1.807) is 24.4 Å². The number of carboxylic acids is 1. The van der Waals surface area contributed by atoms with Gasteiger partial charge in [0.15, 0.2) is 5.65 Å². The number of pyridine rings is 1. The highest BCUT2D eigenvalue weighted by molar-refractivity contribution is 7.13. The molecular formula is C18H20N4O3S. The van der Waals surface area contributed by atoms with Crippen LogP contribution in [0, 0.1) is 6.92 Å². The molecule has 0 bridgehead atoms. The highest BCUT2D eigenvalue weighted by Crippen LogP contribution is 2.23. The number of carboxylic acid groups (broad SMARTS) is 1. The lowest BCUT2D eigenvalue weighted by Gasteiger charge is -2.11. The van der Waals surface area contributed by atoms with Crippen LogP contribution in [-0.2, 0) is 6.54 Å². The SMILES string of the molecule is CCC(C)n1ncc2c(C(=O)NCc3ccc(C(=O)O)s3)cc(C)nc21. The second-order valence-corrected chi connectivity index (χ2v) is 7.32. The van der Waals surface area contributed by atoms with Crippen LogP contribution >= 0.6 is 11.3 Å². The molecule has 26 heavy (non-hydrogen) atoms. The minimum Gasteiger partial charge on any atom is -0.477 e. The van der Waals surface area contributed by atoms with Crippen LogP contribution in [0.3, 0.4) is 0 Å². The maximum absolute atomic E-state index is 12.7. The summed E-state index contributed by atoms with van der Waals surface area (Å²) < 4.78 is 1.84. The number of rotatable bonds is 6. The number of hydrogen-bond donors (Lipinski definition) is 2. The second-order valence-electron chi connectivity index (χ2n) is 6.15. The lowest BCUT2D eigenvalue weighted by Crippen LogP contribution is -2.23. The van der Waals surface area contributed by atoms with Crippen molar-refractivity contribution in [3.05, 3.63) is 45.4 Å². The van der Waals surface area contributed by atoms with Crippen LogP contribution in [0.5, 0.6) is 0 Å². The van der Waals surface area contributed by atoms with Crippen molar-refractivity contribution < 1.29 is 14.7 Å². The Hall–Kier alpha value is -2.74. The molecule has 3 rings (SSSR count). The van der Waals surface area contributed by atoms with E-state index in [1.807, 2.05) is 11.6 Å². The molecule has 0 saturated carbocycles. The summed E-state index contributed by atoms with van der Waals surface area (Å²) >= 11 is 1.15. The quantitative estimate of drug-likeness (QED) is 0.691. The lowest BCUT2D eigenvalue weighted by molar-refractivity contribution is 0.0702. The molecule has 1 atom stereocenters. The smallest absolute Gasteiger partial charge is 0.345 e. The fraction of sp³-hybridized carbons (Fsp3) is 0.333. The van der Waals surface area contributed by atoms with E-state index in [2.05, 4.69) is 29.2 Å². The van der Waals surface area contributed by atoms with Crippen LogP contribution in [0.2, 0.25) is 0 Å². The van der Waals surface area contributed by atoms with E-state index >= 15 is 0 Å². The van der Waals surface area contributed by atoms with E-state index in [-0.39, 0.29) is 23.4 Å². The summed E-state index contributed by atoms with van der Waals surface area (Å²) in [6, 6.07) is 5.19. The number of hydrogen-bond acceptors (Lipinski definition) is 5. The zero-order chi connectivity index (χ0) is 18.8. The minimum atomic E-state index is -0.962. The Labute approximate surface area is 154 Å². The number of carbonyl (C=O) groups excluding carboxylic acids is 1. The summed E-state index contributed by atoms with van der Waals surface area (Å²) in [5, 5.41) is 16.9. The van der Waals surface area contributed by atoms with Crippen molar-refractivity contribution in [1.82, 2.24) is 20.1 Å². The molecule has 3 aromatic heterocycles. The van der Waals surface area contributed by atoms with Gasteiger partial charge in [0, 0.05) is 10.6 Å². The third-order valence-electron chi connectivity index (χ3n) is 4.24. The summed E-state index contributed by atoms with van der Waals surface area (Å²) in [5.74, 6) is -1.19. The van der Waals surface area contributed by atoms with Gasteiger partial charge in [-0.2, -0.15) is 5.10 Å². The molecule has 7 nitrogen and oxygen atoms in total. The largest absolute Gasteiger partial charge is 0.477 e. The molecule has 3 aromatic rings. The van der Waals surface area contributed by atoms with Gasteiger partial charge < -0.3 is 10.4 Å². The highest BCUT2D eigenvalue weighted by atomic mass is 32.1. The Bertz CT molecular complexity index is 976. The first-order valence-electron chi connectivity index (χ1n) is 8.35. The molecular weight excluding hydrogens is 352 g/mol. The molecule has 0 spiro atoms. The van der Waals surface area contributed by atoms with E-state index in [1.165, 1.54) is 0 Å². The standard InChI is InChI=1S/C18H20N4O3S/c1-4-11(3)22-16-14(9-20-22)13(7-10(2)21-16)17(23)19-8-12-5-6-15(26-12)18(24)25/h5-7,9,11H,4,8H2,1-3H3,(H,19,23)(H,24,25). The van der Waals surface area contributed by atoms with Gasteiger partial charge >= 0.3 is 5.97 Å². The summed E-state index contributed by atoms with van der Waals surface area (Å²) in [6.45, 7) is 6.27. The number of amides is 1. The van der Waals surface area contributed by atoms with Crippen LogP contribution in [0.4, 0.5) is 0 Å². The molecule has 136 valence electrons. The topological polar surface area (TPSA) is 97.1 Å². The van der Waals surface area contributed by atoms with Crippen molar-refractivity contribution in [3.63, 3.8) is 0 Å². The van der Waals surface area contributed by atoms with Crippen molar-refractivity contribution in [1.29, 1.82) is 0 Å². The molecule has 0 radical (unpaired) electrons. The average Bonchev–Trinajstić information content (AvgIpc) is 3.25. The van der Waals surface area contributed by atoms with Gasteiger partial charge in [-0.3, -0.25) is 4.79 Å². The van der Waals surface area contributed by atoms with E-state index in [0.717, 1.165) is 28.3 Å². The predicted molar refractivity (Wildman–Crippen MR) is 99.7 cm³/mol. The van der Waals surface area contributed by atoms with Crippen LogP contribution in [0.15, 0.2) is 24.4 Å². The van der Waals surface area contributed by atoms with Gasteiger partial charge in [-0.25, -0.2) is 14.5 Å². The average molecular weight is 372 g/mol. The molecule has 0 aliphatic carbocycles. The van der Waals surface area contributed by atoms with Crippen LogP contribution in [-0.4, -0.2) is 31.7 Å². The van der Waals surface area contributed by atoms with Crippen molar-refractivity contribution in [2.75, 3.05) is 0 Å². The van der Waals surface area contributed by atoms with E-state index < -0.39 is 5.97 Å². The Morgan fingerprint density at radius 1 is 1.38 bits per heavy atom. The first kappa shape index (κ1) is 18.1. The number of aromatic carboxylic acids is 1. The summed E-state index contributed by atoms with van der Waals surface area (Å²) in [5.41, 5.74) is 1.97. The number of nitrogens with one attached hydrogen (secondary N) is 1. The molecule has 1 amide bonds.